The highest BCUT2D eigenvalue weighted by molar-refractivity contribution is 5.75. The number of benzene rings is 1. The quantitative estimate of drug-likeness (QED) is 0.139. The van der Waals surface area contributed by atoms with Crippen LogP contribution in [0.3, 0.4) is 0 Å². The maximum Gasteiger partial charge on any atom is 0.314 e. The van der Waals surface area contributed by atoms with Crippen LogP contribution in [0.2, 0.25) is 0 Å². The van der Waals surface area contributed by atoms with Crippen LogP contribution in [0.15, 0.2) is 24.8 Å². The fourth-order valence-corrected chi connectivity index (χ4v) is 7.30. The van der Waals surface area contributed by atoms with Crippen molar-refractivity contribution in [2.75, 3.05) is 6.61 Å². The van der Waals surface area contributed by atoms with Crippen LogP contribution in [0.4, 0.5) is 8.78 Å². The topological polar surface area (TPSA) is 35.5 Å². The second-order valence-corrected chi connectivity index (χ2v) is 11.6. The minimum absolute atomic E-state index is 0.00181. The van der Waals surface area contributed by atoms with E-state index in [1.807, 2.05) is 0 Å². The van der Waals surface area contributed by atoms with Crippen molar-refractivity contribution in [3.63, 3.8) is 0 Å². The number of esters is 1. The summed E-state index contributed by atoms with van der Waals surface area (Å²) in [5.74, 6) is 1.41. The van der Waals surface area contributed by atoms with E-state index < -0.39 is 17.4 Å². The summed E-state index contributed by atoms with van der Waals surface area (Å²) in [6, 6.07) is 2.03. The predicted molar refractivity (Wildman–Crippen MR) is 139 cm³/mol. The molecule has 0 aromatic heterocycles. The summed E-state index contributed by atoms with van der Waals surface area (Å²) in [5.41, 5.74) is 0. The lowest BCUT2D eigenvalue weighted by Crippen LogP contribution is -2.35. The molecule has 0 N–H and O–H groups in total. The van der Waals surface area contributed by atoms with Gasteiger partial charge in [0.15, 0.2) is 17.4 Å². The molecule has 0 amide bonds. The lowest BCUT2D eigenvalue weighted by atomic mass is 9.60. The molecule has 0 aliphatic heterocycles. The molecule has 0 heterocycles. The van der Waals surface area contributed by atoms with Gasteiger partial charge in [-0.2, -0.15) is 0 Å². The van der Waals surface area contributed by atoms with Gasteiger partial charge in [-0.05, 0) is 87.4 Å². The maximum atomic E-state index is 14.2. The molecule has 0 bridgehead atoms. The number of halogens is 2. The monoisotopic (exact) mass is 502 g/mol. The van der Waals surface area contributed by atoms with Gasteiger partial charge < -0.3 is 9.47 Å². The maximum absolute atomic E-state index is 14.2. The second-order valence-electron chi connectivity index (χ2n) is 11.6. The number of hydrogen-bond acceptors (Lipinski definition) is 3. The highest BCUT2D eigenvalue weighted by Crippen LogP contribution is 2.49. The molecule has 3 aliphatic rings. The number of rotatable bonds is 10. The molecule has 1 aromatic carbocycles. The van der Waals surface area contributed by atoms with Crippen molar-refractivity contribution < 1.29 is 23.0 Å². The summed E-state index contributed by atoms with van der Waals surface area (Å²) in [5, 5.41) is 0. The Balaban J connectivity index is 1.22. The van der Waals surface area contributed by atoms with Crippen molar-refractivity contribution in [1.29, 1.82) is 0 Å². The number of carbonyl (C=O) groups excluding carboxylic acids is 1. The van der Waals surface area contributed by atoms with Gasteiger partial charge in [0.05, 0.1) is 5.92 Å². The van der Waals surface area contributed by atoms with Gasteiger partial charge in [0.1, 0.15) is 12.4 Å². The van der Waals surface area contributed by atoms with Gasteiger partial charge in [-0.15, -0.1) is 0 Å². The average Bonchev–Trinajstić information content (AvgIpc) is 2.88. The van der Waals surface area contributed by atoms with Gasteiger partial charge in [0.25, 0.3) is 0 Å². The first-order chi connectivity index (χ1) is 17.5. The van der Waals surface area contributed by atoms with Crippen molar-refractivity contribution in [2.45, 2.75) is 96.8 Å². The zero-order valence-corrected chi connectivity index (χ0v) is 22.0. The summed E-state index contributed by atoms with van der Waals surface area (Å²) in [6.45, 7) is 5.76. The van der Waals surface area contributed by atoms with E-state index in [9.17, 15) is 13.6 Å². The number of ether oxygens (including phenoxy) is 2. The molecular formula is C31H44F2O3. The minimum Gasteiger partial charge on any atom is -0.483 e. The molecule has 1 aromatic rings. The van der Waals surface area contributed by atoms with Crippen molar-refractivity contribution in [3.8, 4) is 11.5 Å². The van der Waals surface area contributed by atoms with Gasteiger partial charge in [0, 0.05) is 12.1 Å². The first-order valence-corrected chi connectivity index (χ1v) is 14.4. The smallest absolute Gasteiger partial charge is 0.314 e. The third-order valence-electron chi connectivity index (χ3n) is 9.29. The van der Waals surface area contributed by atoms with E-state index in [0.29, 0.717) is 5.92 Å². The van der Waals surface area contributed by atoms with Crippen molar-refractivity contribution in [1.82, 2.24) is 0 Å². The van der Waals surface area contributed by atoms with Crippen LogP contribution in [0.25, 0.3) is 0 Å². The molecule has 3 saturated carbocycles. The normalized spacial score (nSPS) is 30.3. The first kappa shape index (κ1) is 27.1. The van der Waals surface area contributed by atoms with Crippen LogP contribution in [0.5, 0.6) is 11.5 Å². The molecule has 0 saturated heterocycles. The summed E-state index contributed by atoms with van der Waals surface area (Å²) in [6.07, 6.45) is 19.1. The Bertz CT molecular complexity index is 854. The molecule has 36 heavy (non-hydrogen) atoms. The minimum atomic E-state index is -0.881. The van der Waals surface area contributed by atoms with Gasteiger partial charge in [-0.1, -0.05) is 51.7 Å². The summed E-state index contributed by atoms with van der Waals surface area (Å²) in [7, 11) is 0. The summed E-state index contributed by atoms with van der Waals surface area (Å²) < 4.78 is 38.8. The fourth-order valence-electron chi connectivity index (χ4n) is 7.30. The van der Waals surface area contributed by atoms with E-state index in [1.165, 1.54) is 70.3 Å². The Kier molecular flexibility index (Phi) is 9.84. The first-order valence-electron chi connectivity index (χ1n) is 14.4. The average molecular weight is 503 g/mol. The second kappa shape index (κ2) is 13.1. The van der Waals surface area contributed by atoms with Crippen LogP contribution in [0, 0.1) is 47.1 Å². The van der Waals surface area contributed by atoms with E-state index in [2.05, 4.69) is 13.5 Å². The van der Waals surface area contributed by atoms with E-state index >= 15 is 0 Å². The molecule has 4 atom stereocenters. The lowest BCUT2D eigenvalue weighted by Gasteiger charge is -2.45. The van der Waals surface area contributed by atoms with E-state index in [0.717, 1.165) is 61.5 Å². The van der Waals surface area contributed by atoms with E-state index in [-0.39, 0.29) is 24.2 Å². The van der Waals surface area contributed by atoms with Gasteiger partial charge in [-0.25, -0.2) is 8.78 Å². The molecule has 0 spiro atoms. The molecule has 5 heteroatoms. The Labute approximate surface area is 216 Å². The van der Waals surface area contributed by atoms with E-state index in [1.54, 1.807) is 0 Å². The highest BCUT2D eigenvalue weighted by atomic mass is 19.1. The number of fused-ring (bicyclic) bond motifs is 1. The number of unbranched alkanes of at least 4 members (excludes halogenated alkanes) is 2. The van der Waals surface area contributed by atoms with Gasteiger partial charge in [-0.3, -0.25) is 4.79 Å². The third kappa shape index (κ3) is 6.89. The molecule has 4 rings (SSSR count). The molecule has 0 radical (unpaired) electrons. The zero-order chi connectivity index (χ0) is 25.5. The van der Waals surface area contributed by atoms with E-state index in [4.69, 9.17) is 9.47 Å². The summed E-state index contributed by atoms with van der Waals surface area (Å²) in [4.78, 5) is 12.7. The zero-order valence-electron chi connectivity index (χ0n) is 22.0. The fraction of sp³-hybridized carbons (Fsp3) is 0.710. The largest absolute Gasteiger partial charge is 0.483 e. The molecule has 3 aliphatic carbocycles. The number of carbonyl (C=O) groups is 1. The van der Waals surface area contributed by atoms with Crippen molar-refractivity contribution in [3.05, 3.63) is 36.4 Å². The standard InChI is InChI=1S/C31H44F2O3/c1-3-5-6-7-21-8-9-26-18-25(15-14-24(26)17-21)22-10-12-23(13-11-22)31(34)36-27-19-28(32)30(29(33)20-27)35-16-4-2/h4,19-26H,2-3,5-18H2,1H3. The lowest BCUT2D eigenvalue weighted by molar-refractivity contribution is -0.140. The van der Waals surface area contributed by atoms with Crippen molar-refractivity contribution in [2.24, 2.45) is 35.5 Å². The molecular weight excluding hydrogens is 458 g/mol. The van der Waals surface area contributed by atoms with Gasteiger partial charge >= 0.3 is 5.97 Å². The van der Waals surface area contributed by atoms with Crippen LogP contribution in [-0.4, -0.2) is 12.6 Å². The SMILES string of the molecule is C=CCOc1c(F)cc(OC(=O)C2CCC(C3CCC4CC(CCCCC)CCC4C3)CC2)cc1F. The molecule has 200 valence electrons. The molecule has 3 nitrogen and oxygen atoms in total. The Hall–Kier alpha value is -1.91. The van der Waals surface area contributed by atoms with Crippen LogP contribution in [0.1, 0.15) is 96.8 Å². The Morgan fingerprint density at radius 3 is 2.19 bits per heavy atom. The van der Waals surface area contributed by atoms with Crippen LogP contribution < -0.4 is 9.47 Å². The summed E-state index contributed by atoms with van der Waals surface area (Å²) >= 11 is 0. The Morgan fingerprint density at radius 1 is 0.917 bits per heavy atom. The van der Waals surface area contributed by atoms with Gasteiger partial charge in [0.2, 0.25) is 0 Å². The highest BCUT2D eigenvalue weighted by Gasteiger charge is 2.39. The third-order valence-corrected chi connectivity index (χ3v) is 9.29. The Morgan fingerprint density at radius 2 is 1.53 bits per heavy atom. The number of hydrogen-bond donors (Lipinski definition) is 0. The predicted octanol–water partition coefficient (Wildman–Crippen LogP) is 8.65. The molecule has 4 unspecified atom stereocenters. The van der Waals surface area contributed by atoms with Crippen molar-refractivity contribution >= 4 is 5.97 Å². The molecule has 3 fully saturated rings. The van der Waals surface area contributed by atoms with Crippen LogP contribution in [-0.2, 0) is 4.79 Å². The van der Waals surface area contributed by atoms with Crippen LogP contribution >= 0.6 is 0 Å².